The third kappa shape index (κ3) is 5.72. The van der Waals surface area contributed by atoms with E-state index in [-0.39, 0.29) is 11.8 Å². The van der Waals surface area contributed by atoms with E-state index < -0.39 is 10.0 Å². The van der Waals surface area contributed by atoms with Gasteiger partial charge in [-0.3, -0.25) is 0 Å². The second-order valence-electron chi connectivity index (χ2n) is 4.76. The van der Waals surface area contributed by atoms with Crippen LogP contribution in [0.15, 0.2) is 24.3 Å². The van der Waals surface area contributed by atoms with Crippen molar-refractivity contribution in [3.63, 3.8) is 0 Å². The van der Waals surface area contributed by atoms with Gasteiger partial charge in [0.05, 0.1) is 5.75 Å². The molecular formula is C14H24N2O2S. The van der Waals surface area contributed by atoms with Crippen molar-refractivity contribution < 1.29 is 8.42 Å². The molecule has 1 aromatic carbocycles. The minimum atomic E-state index is -3.24. The van der Waals surface area contributed by atoms with E-state index in [1.165, 1.54) is 0 Å². The van der Waals surface area contributed by atoms with Crippen LogP contribution in [-0.4, -0.2) is 27.3 Å². The summed E-state index contributed by atoms with van der Waals surface area (Å²) < 4.78 is 26.6. The molecule has 1 unspecified atom stereocenters. The van der Waals surface area contributed by atoms with E-state index in [1.807, 2.05) is 38.1 Å². The summed E-state index contributed by atoms with van der Waals surface area (Å²) in [6.45, 7) is 7.26. The lowest BCUT2D eigenvalue weighted by molar-refractivity contribution is 0.562. The fourth-order valence-electron chi connectivity index (χ4n) is 1.97. The highest BCUT2D eigenvalue weighted by Crippen LogP contribution is 2.17. The normalized spacial score (nSPS) is 13.4. The molecule has 19 heavy (non-hydrogen) atoms. The topological polar surface area (TPSA) is 58.2 Å². The first kappa shape index (κ1) is 16.1. The van der Waals surface area contributed by atoms with Crippen LogP contribution in [0.1, 0.15) is 37.4 Å². The third-order valence-electron chi connectivity index (χ3n) is 2.99. The first-order chi connectivity index (χ1) is 8.96. The lowest BCUT2D eigenvalue weighted by atomic mass is 10.0. The van der Waals surface area contributed by atoms with E-state index in [1.54, 1.807) is 0 Å². The van der Waals surface area contributed by atoms with Gasteiger partial charge in [-0.25, -0.2) is 13.1 Å². The van der Waals surface area contributed by atoms with Gasteiger partial charge in [0.25, 0.3) is 0 Å². The van der Waals surface area contributed by atoms with Crippen molar-refractivity contribution in [1.29, 1.82) is 0 Å². The number of sulfonamides is 1. The highest BCUT2D eigenvalue weighted by atomic mass is 32.2. The first-order valence-electron chi connectivity index (χ1n) is 6.72. The molecule has 108 valence electrons. The average Bonchev–Trinajstić information content (AvgIpc) is 2.34. The molecule has 0 heterocycles. The predicted molar refractivity (Wildman–Crippen MR) is 79.7 cm³/mol. The molecule has 0 saturated carbocycles. The van der Waals surface area contributed by atoms with Crippen molar-refractivity contribution in [3.05, 3.63) is 35.4 Å². The third-order valence-corrected chi connectivity index (χ3v) is 4.44. The van der Waals surface area contributed by atoms with Crippen LogP contribution in [0.25, 0.3) is 0 Å². The minimum Gasteiger partial charge on any atom is -0.316 e. The largest absolute Gasteiger partial charge is 0.316 e. The van der Waals surface area contributed by atoms with Gasteiger partial charge < -0.3 is 5.32 Å². The maximum absolute atomic E-state index is 11.9. The quantitative estimate of drug-likeness (QED) is 0.718. The molecular weight excluding hydrogens is 260 g/mol. The van der Waals surface area contributed by atoms with Crippen molar-refractivity contribution >= 4 is 10.0 Å². The summed E-state index contributed by atoms with van der Waals surface area (Å²) >= 11 is 0. The first-order valence-corrected chi connectivity index (χ1v) is 8.37. The van der Waals surface area contributed by atoms with Crippen LogP contribution in [0.5, 0.6) is 0 Å². The highest BCUT2D eigenvalue weighted by Gasteiger charge is 2.16. The Morgan fingerprint density at radius 1 is 1.21 bits per heavy atom. The molecule has 4 nitrogen and oxygen atoms in total. The maximum atomic E-state index is 11.9. The van der Waals surface area contributed by atoms with Crippen molar-refractivity contribution in [2.75, 3.05) is 18.8 Å². The van der Waals surface area contributed by atoms with Gasteiger partial charge in [-0.1, -0.05) is 31.2 Å². The summed E-state index contributed by atoms with van der Waals surface area (Å²) in [4.78, 5) is 0. The molecule has 2 N–H and O–H groups in total. The number of rotatable bonds is 8. The molecule has 1 rings (SSSR count). The Morgan fingerprint density at radius 2 is 1.89 bits per heavy atom. The Labute approximate surface area is 116 Å². The second-order valence-corrected chi connectivity index (χ2v) is 6.64. The fraction of sp³-hybridized carbons (Fsp3) is 0.571. The van der Waals surface area contributed by atoms with Crippen molar-refractivity contribution in [1.82, 2.24) is 10.0 Å². The second kappa shape index (κ2) is 7.62. The van der Waals surface area contributed by atoms with E-state index in [0.29, 0.717) is 6.54 Å². The molecule has 0 aromatic heterocycles. The Bertz CT molecular complexity index is 486. The Kier molecular flexibility index (Phi) is 6.48. The van der Waals surface area contributed by atoms with E-state index in [9.17, 15) is 8.42 Å². The zero-order chi connectivity index (χ0) is 14.3. The van der Waals surface area contributed by atoms with Crippen LogP contribution in [0, 0.1) is 6.92 Å². The Hall–Kier alpha value is -0.910. The number of aryl methyl sites for hydroxylation is 1. The fourth-order valence-corrected chi connectivity index (χ4v) is 3.17. The molecule has 1 aromatic rings. The molecule has 0 spiro atoms. The van der Waals surface area contributed by atoms with Crippen molar-refractivity contribution in [2.24, 2.45) is 0 Å². The zero-order valence-corrected chi connectivity index (χ0v) is 12.8. The summed E-state index contributed by atoms with van der Waals surface area (Å²) in [6, 6.07) is 7.63. The van der Waals surface area contributed by atoms with Gasteiger partial charge in [-0.05, 0) is 37.9 Å². The molecule has 0 aliphatic rings. The molecule has 0 aliphatic heterocycles. The van der Waals surface area contributed by atoms with E-state index >= 15 is 0 Å². The number of hydrogen-bond donors (Lipinski definition) is 2. The van der Waals surface area contributed by atoms with Gasteiger partial charge in [0.1, 0.15) is 0 Å². The van der Waals surface area contributed by atoms with E-state index in [0.717, 1.165) is 24.1 Å². The molecule has 0 bridgehead atoms. The molecule has 0 saturated heterocycles. The van der Waals surface area contributed by atoms with E-state index in [4.69, 9.17) is 0 Å². The Balaban J connectivity index is 2.56. The monoisotopic (exact) mass is 284 g/mol. The van der Waals surface area contributed by atoms with Gasteiger partial charge in [-0.15, -0.1) is 0 Å². The van der Waals surface area contributed by atoms with Crippen LogP contribution in [-0.2, 0) is 10.0 Å². The van der Waals surface area contributed by atoms with Gasteiger partial charge in [0, 0.05) is 12.6 Å². The van der Waals surface area contributed by atoms with Gasteiger partial charge in [0.15, 0.2) is 0 Å². The molecule has 0 amide bonds. The summed E-state index contributed by atoms with van der Waals surface area (Å²) in [6.07, 6.45) is 1.01. The van der Waals surface area contributed by atoms with Gasteiger partial charge in [0.2, 0.25) is 10.0 Å². The predicted octanol–water partition coefficient (Wildman–Crippen LogP) is 1.98. The minimum absolute atomic E-state index is 0.114. The summed E-state index contributed by atoms with van der Waals surface area (Å²) in [7, 11) is -3.24. The molecule has 1 atom stereocenters. The molecule has 0 fully saturated rings. The average molecular weight is 284 g/mol. The standard InChI is InChI=1S/C14H24N2O2S/c1-4-9-15-10-11-19(17,18)16-13(3)14-8-6-5-7-12(14)2/h5-8,13,15-16H,4,9-11H2,1-3H3. The van der Waals surface area contributed by atoms with Crippen molar-refractivity contribution in [2.45, 2.75) is 33.2 Å². The van der Waals surface area contributed by atoms with Crippen LogP contribution in [0.3, 0.4) is 0 Å². The summed E-state index contributed by atoms with van der Waals surface area (Å²) in [5.41, 5.74) is 2.12. The van der Waals surface area contributed by atoms with E-state index in [2.05, 4.69) is 17.0 Å². The van der Waals surface area contributed by atoms with Gasteiger partial charge >= 0.3 is 0 Å². The molecule has 5 heteroatoms. The molecule has 0 aliphatic carbocycles. The number of nitrogens with one attached hydrogen (secondary N) is 2. The maximum Gasteiger partial charge on any atom is 0.213 e. The number of hydrogen-bond acceptors (Lipinski definition) is 3. The SMILES string of the molecule is CCCNCCS(=O)(=O)NC(C)c1ccccc1C. The smallest absolute Gasteiger partial charge is 0.213 e. The molecule has 0 radical (unpaired) electrons. The van der Waals surface area contributed by atoms with Crippen LogP contribution in [0.2, 0.25) is 0 Å². The Morgan fingerprint density at radius 3 is 2.53 bits per heavy atom. The lowest BCUT2D eigenvalue weighted by Crippen LogP contribution is -2.34. The van der Waals surface area contributed by atoms with Gasteiger partial charge in [-0.2, -0.15) is 0 Å². The van der Waals surface area contributed by atoms with Crippen LogP contribution < -0.4 is 10.0 Å². The summed E-state index contributed by atoms with van der Waals surface area (Å²) in [5, 5.41) is 3.10. The zero-order valence-electron chi connectivity index (χ0n) is 11.9. The van der Waals surface area contributed by atoms with Crippen LogP contribution >= 0.6 is 0 Å². The lowest BCUT2D eigenvalue weighted by Gasteiger charge is -2.16. The van der Waals surface area contributed by atoms with Crippen molar-refractivity contribution in [3.8, 4) is 0 Å². The summed E-state index contributed by atoms with van der Waals surface area (Å²) in [5.74, 6) is 0.114. The highest BCUT2D eigenvalue weighted by molar-refractivity contribution is 7.89. The number of benzene rings is 1. The van der Waals surface area contributed by atoms with Crippen LogP contribution in [0.4, 0.5) is 0 Å².